The molecule has 0 N–H and O–H groups in total. The van der Waals surface area contributed by atoms with Crippen LogP contribution in [0, 0.1) is 0 Å². The van der Waals surface area contributed by atoms with Crippen LogP contribution in [0.25, 0.3) is 93.8 Å². The molecule has 3 aromatic heterocycles. The van der Waals surface area contributed by atoms with Crippen LogP contribution >= 0.6 is 0 Å². The third-order valence-corrected chi connectivity index (χ3v) is 10.8. The van der Waals surface area contributed by atoms with Crippen molar-refractivity contribution in [2.24, 2.45) is 0 Å². The molecule has 230 valence electrons. The van der Waals surface area contributed by atoms with Gasteiger partial charge in [0.15, 0.2) is 0 Å². The molecule has 0 spiro atoms. The van der Waals surface area contributed by atoms with E-state index in [0.29, 0.717) is 11.7 Å². The Bertz CT molecular complexity index is 3030. The first-order chi connectivity index (χ1) is 24.0. The molecule has 49 heavy (non-hydrogen) atoms. The molecule has 0 radical (unpaired) electrons. The fourth-order valence-corrected chi connectivity index (χ4v) is 8.46. The van der Waals surface area contributed by atoms with Gasteiger partial charge in [-0.1, -0.05) is 129 Å². The number of hydrogen-bond donors (Lipinski definition) is 0. The number of fused-ring (bicyclic) bond motifs is 12. The van der Waals surface area contributed by atoms with Gasteiger partial charge in [-0.25, -0.2) is 4.98 Å². The van der Waals surface area contributed by atoms with Crippen molar-refractivity contribution in [2.45, 2.75) is 19.3 Å². The van der Waals surface area contributed by atoms with Crippen molar-refractivity contribution in [2.75, 3.05) is 0 Å². The summed E-state index contributed by atoms with van der Waals surface area (Å²) >= 11 is 0. The molecule has 7 aromatic carbocycles. The molecular formula is C45H29N3O. The first kappa shape index (κ1) is 26.8. The summed E-state index contributed by atoms with van der Waals surface area (Å²) in [6, 6.07) is 50.0. The van der Waals surface area contributed by atoms with E-state index in [2.05, 4.69) is 146 Å². The highest BCUT2D eigenvalue weighted by Gasteiger charge is 2.35. The highest BCUT2D eigenvalue weighted by atomic mass is 16.3. The van der Waals surface area contributed by atoms with E-state index in [0.717, 1.165) is 44.0 Å². The molecular weight excluding hydrogens is 599 g/mol. The van der Waals surface area contributed by atoms with Crippen molar-refractivity contribution >= 4 is 65.4 Å². The average molecular weight is 628 g/mol. The summed E-state index contributed by atoms with van der Waals surface area (Å²) in [7, 11) is 0. The Morgan fingerprint density at radius 1 is 0.551 bits per heavy atom. The average Bonchev–Trinajstić information content (AvgIpc) is 3.75. The lowest BCUT2D eigenvalue weighted by Crippen LogP contribution is -2.14. The molecule has 0 amide bonds. The van der Waals surface area contributed by atoms with Gasteiger partial charge in [0.05, 0.1) is 22.1 Å². The minimum Gasteiger partial charge on any atom is -0.437 e. The summed E-state index contributed by atoms with van der Waals surface area (Å²) in [6.07, 6.45) is 0. The zero-order valence-corrected chi connectivity index (χ0v) is 27.0. The third-order valence-electron chi connectivity index (χ3n) is 10.8. The molecule has 0 aliphatic heterocycles. The summed E-state index contributed by atoms with van der Waals surface area (Å²) in [6.45, 7) is 4.64. The Balaban J connectivity index is 1.28. The first-order valence-corrected chi connectivity index (χ1v) is 16.8. The highest BCUT2D eigenvalue weighted by molar-refractivity contribution is 6.21. The molecule has 0 saturated heterocycles. The predicted octanol–water partition coefficient (Wildman–Crippen LogP) is 11.8. The number of hydrogen-bond acceptors (Lipinski definition) is 3. The van der Waals surface area contributed by atoms with Gasteiger partial charge < -0.3 is 4.42 Å². The Morgan fingerprint density at radius 2 is 1.27 bits per heavy atom. The number of aromatic nitrogens is 3. The quantitative estimate of drug-likeness (QED) is 0.192. The molecule has 4 heteroatoms. The van der Waals surface area contributed by atoms with Gasteiger partial charge >= 0.3 is 0 Å². The predicted molar refractivity (Wildman–Crippen MR) is 202 cm³/mol. The van der Waals surface area contributed by atoms with Gasteiger partial charge in [-0.05, 0) is 62.7 Å². The van der Waals surface area contributed by atoms with E-state index < -0.39 is 0 Å². The summed E-state index contributed by atoms with van der Waals surface area (Å²) in [5, 5.41) is 9.00. The maximum atomic E-state index is 6.55. The number of benzene rings is 7. The molecule has 0 fully saturated rings. The van der Waals surface area contributed by atoms with E-state index >= 15 is 0 Å². The van der Waals surface area contributed by atoms with E-state index in [1.165, 1.54) is 49.2 Å². The maximum Gasteiger partial charge on any atom is 0.238 e. The lowest BCUT2D eigenvalue weighted by molar-refractivity contribution is 0.651. The zero-order valence-electron chi connectivity index (χ0n) is 27.0. The van der Waals surface area contributed by atoms with Crippen LogP contribution in [0.1, 0.15) is 25.0 Å². The highest BCUT2D eigenvalue weighted by Crippen LogP contribution is 2.50. The summed E-state index contributed by atoms with van der Waals surface area (Å²) in [5.41, 5.74) is 10.6. The van der Waals surface area contributed by atoms with Gasteiger partial charge in [0.25, 0.3) is 0 Å². The van der Waals surface area contributed by atoms with Crippen LogP contribution in [0.3, 0.4) is 0 Å². The number of rotatable bonds is 2. The molecule has 1 aliphatic carbocycles. The van der Waals surface area contributed by atoms with Gasteiger partial charge in [-0.2, -0.15) is 4.98 Å². The minimum atomic E-state index is -0.0776. The lowest BCUT2D eigenvalue weighted by atomic mass is 9.82. The number of para-hydroxylation sites is 1. The molecule has 11 rings (SSSR count). The summed E-state index contributed by atoms with van der Waals surface area (Å²) in [4.78, 5) is 10.8. The van der Waals surface area contributed by atoms with Gasteiger partial charge in [0, 0.05) is 32.5 Å². The van der Waals surface area contributed by atoms with E-state index in [1.807, 2.05) is 12.1 Å². The molecule has 0 bridgehead atoms. The lowest BCUT2D eigenvalue weighted by Gasteiger charge is -2.21. The van der Waals surface area contributed by atoms with Crippen LogP contribution < -0.4 is 0 Å². The zero-order chi connectivity index (χ0) is 32.4. The largest absolute Gasteiger partial charge is 0.437 e. The van der Waals surface area contributed by atoms with Crippen molar-refractivity contribution < 1.29 is 4.42 Å². The van der Waals surface area contributed by atoms with E-state index in [9.17, 15) is 0 Å². The molecule has 0 saturated carbocycles. The topological polar surface area (TPSA) is 43.9 Å². The third kappa shape index (κ3) is 3.58. The summed E-state index contributed by atoms with van der Waals surface area (Å²) < 4.78 is 8.80. The van der Waals surface area contributed by atoms with Crippen LogP contribution in [0.2, 0.25) is 0 Å². The van der Waals surface area contributed by atoms with Crippen molar-refractivity contribution in [1.82, 2.24) is 14.5 Å². The molecule has 3 heterocycles. The fourth-order valence-electron chi connectivity index (χ4n) is 8.46. The summed E-state index contributed by atoms with van der Waals surface area (Å²) in [5.74, 6) is 0.592. The van der Waals surface area contributed by atoms with E-state index in [4.69, 9.17) is 14.4 Å². The monoisotopic (exact) mass is 627 g/mol. The van der Waals surface area contributed by atoms with Crippen LogP contribution in [-0.2, 0) is 5.41 Å². The number of nitrogens with zero attached hydrogens (tertiary/aromatic N) is 3. The van der Waals surface area contributed by atoms with Crippen molar-refractivity contribution in [3.63, 3.8) is 0 Å². The van der Waals surface area contributed by atoms with Gasteiger partial charge in [-0.15, -0.1) is 0 Å². The molecule has 0 atom stereocenters. The van der Waals surface area contributed by atoms with Crippen molar-refractivity contribution in [1.29, 1.82) is 0 Å². The maximum absolute atomic E-state index is 6.55. The smallest absolute Gasteiger partial charge is 0.238 e. The van der Waals surface area contributed by atoms with Crippen LogP contribution in [0.5, 0.6) is 0 Å². The second-order valence-electron chi connectivity index (χ2n) is 13.8. The molecule has 4 nitrogen and oxygen atoms in total. The standard InChI is InChI=1S/C45H29N3O/c1-45(2)36-17-9-7-15-31(36)34-24-29(20-22-37(34)45)41-40-33-16-8-10-18-39(33)49-43(40)47-44(46-41)48-38-25-28-13-4-3-12-27(28)23-35(38)32-21-19-26-11-5-6-14-30(26)42(32)48/h3-25H,1-2H3. The van der Waals surface area contributed by atoms with Crippen molar-refractivity contribution in [3.05, 3.63) is 151 Å². The van der Waals surface area contributed by atoms with Gasteiger partial charge in [-0.3, -0.25) is 4.57 Å². The van der Waals surface area contributed by atoms with Gasteiger partial charge in [0.2, 0.25) is 11.7 Å². The molecule has 10 aromatic rings. The second-order valence-corrected chi connectivity index (χ2v) is 13.8. The Kier molecular flexibility index (Phi) is 5.15. The van der Waals surface area contributed by atoms with E-state index in [1.54, 1.807) is 0 Å². The van der Waals surface area contributed by atoms with Crippen molar-refractivity contribution in [3.8, 4) is 28.3 Å². The minimum absolute atomic E-state index is 0.0776. The normalized spacial score (nSPS) is 13.7. The first-order valence-electron chi connectivity index (χ1n) is 16.8. The Labute approximate surface area is 281 Å². The SMILES string of the molecule is CC1(C)c2ccccc2-c2cc(-c3nc(-n4c5cc6ccccc6cc5c5ccc6ccccc6c54)nc4oc5ccccc5c34)ccc21. The van der Waals surface area contributed by atoms with Crippen LogP contribution in [0.15, 0.2) is 144 Å². The Hall–Kier alpha value is -6.26. The van der Waals surface area contributed by atoms with Gasteiger partial charge in [0.1, 0.15) is 5.58 Å². The molecule has 0 unspecified atom stereocenters. The fraction of sp³-hybridized carbons (Fsp3) is 0.0667. The second kappa shape index (κ2) is 9.42. The van der Waals surface area contributed by atoms with Crippen LogP contribution in [0.4, 0.5) is 0 Å². The van der Waals surface area contributed by atoms with Crippen LogP contribution in [-0.4, -0.2) is 14.5 Å². The molecule has 1 aliphatic rings. The van der Waals surface area contributed by atoms with E-state index in [-0.39, 0.29) is 5.41 Å². The number of furan rings is 1. The Morgan fingerprint density at radius 3 is 2.14 bits per heavy atom.